The van der Waals surface area contributed by atoms with Gasteiger partial charge in [-0.15, -0.1) is 12.6 Å². The molecule has 64 valence electrons. The Balaban J connectivity index is 3.23. The van der Waals surface area contributed by atoms with E-state index in [1.165, 1.54) is 16.7 Å². The summed E-state index contributed by atoms with van der Waals surface area (Å²) in [7, 11) is 0. The topological polar surface area (TPSA) is 0 Å². The van der Waals surface area contributed by atoms with Gasteiger partial charge < -0.3 is 0 Å². The lowest BCUT2D eigenvalue weighted by Crippen LogP contribution is -1.83. The minimum atomic E-state index is 1.05. The highest BCUT2D eigenvalue weighted by molar-refractivity contribution is 7.80. The third-order valence-corrected chi connectivity index (χ3v) is 2.40. The lowest BCUT2D eigenvalue weighted by atomic mass is 10.1. The second-order valence-electron chi connectivity index (χ2n) is 2.99. The van der Waals surface area contributed by atoms with Crippen molar-refractivity contribution in [2.75, 3.05) is 0 Å². The van der Waals surface area contributed by atoms with Crippen molar-refractivity contribution in [2.45, 2.75) is 25.7 Å². The summed E-state index contributed by atoms with van der Waals surface area (Å²) in [6, 6.07) is 6.28. The quantitative estimate of drug-likeness (QED) is 0.623. The van der Waals surface area contributed by atoms with Crippen LogP contribution in [0.15, 0.2) is 29.2 Å². The van der Waals surface area contributed by atoms with E-state index in [0.29, 0.717) is 0 Å². The fourth-order valence-electron chi connectivity index (χ4n) is 1.12. The summed E-state index contributed by atoms with van der Waals surface area (Å²) < 4.78 is 0. The van der Waals surface area contributed by atoms with Crippen LogP contribution in [-0.2, 0) is 0 Å². The Morgan fingerprint density at radius 1 is 1.42 bits per heavy atom. The van der Waals surface area contributed by atoms with E-state index in [0.717, 1.165) is 4.90 Å². The summed E-state index contributed by atoms with van der Waals surface area (Å²) in [5.74, 6) is 0. The first-order valence-corrected chi connectivity index (χ1v) is 4.52. The summed E-state index contributed by atoms with van der Waals surface area (Å²) >= 11 is 4.40. The maximum absolute atomic E-state index is 4.40. The first-order chi connectivity index (χ1) is 5.65. The number of aryl methyl sites for hydroxylation is 1. The minimum absolute atomic E-state index is 1.05. The van der Waals surface area contributed by atoms with E-state index in [4.69, 9.17) is 0 Å². The van der Waals surface area contributed by atoms with E-state index in [2.05, 4.69) is 44.7 Å². The molecule has 0 unspecified atom stereocenters. The van der Waals surface area contributed by atoms with Crippen molar-refractivity contribution in [3.63, 3.8) is 0 Å². The van der Waals surface area contributed by atoms with Crippen LogP contribution in [0.4, 0.5) is 0 Å². The smallest absolute Gasteiger partial charge is 0.0115 e. The molecule has 1 aromatic rings. The molecule has 0 N–H and O–H groups in total. The Labute approximate surface area is 79.7 Å². The van der Waals surface area contributed by atoms with E-state index >= 15 is 0 Å². The van der Waals surface area contributed by atoms with Gasteiger partial charge in [-0.25, -0.2) is 0 Å². The molecular formula is C11H14S. The highest BCUT2D eigenvalue weighted by Gasteiger charge is 1.99. The van der Waals surface area contributed by atoms with Gasteiger partial charge in [0.15, 0.2) is 0 Å². The average Bonchev–Trinajstić information content (AvgIpc) is 2.08. The molecule has 0 amide bonds. The van der Waals surface area contributed by atoms with E-state index in [1.54, 1.807) is 0 Å². The molecule has 0 radical (unpaired) electrons. The summed E-state index contributed by atoms with van der Waals surface area (Å²) in [6.45, 7) is 6.25. The standard InChI is InChI=1S/C11H14S/c1-4-9(3)10-7-8(2)5-6-11(10)12/h4-7,12H,1-3H3/b9-4-. The van der Waals surface area contributed by atoms with Gasteiger partial charge in [-0.1, -0.05) is 23.8 Å². The van der Waals surface area contributed by atoms with Crippen LogP contribution in [0.3, 0.4) is 0 Å². The largest absolute Gasteiger partial charge is 0.143 e. The Bertz CT molecular complexity index is 311. The molecule has 0 spiro atoms. The molecule has 0 saturated heterocycles. The third-order valence-electron chi connectivity index (χ3n) is 2.01. The zero-order valence-corrected chi connectivity index (χ0v) is 8.65. The first kappa shape index (κ1) is 9.40. The number of hydrogen-bond acceptors (Lipinski definition) is 1. The minimum Gasteiger partial charge on any atom is -0.143 e. The van der Waals surface area contributed by atoms with Crippen LogP contribution in [0.25, 0.3) is 5.57 Å². The van der Waals surface area contributed by atoms with Crippen LogP contribution < -0.4 is 0 Å². The van der Waals surface area contributed by atoms with Gasteiger partial charge in [-0.3, -0.25) is 0 Å². The molecule has 0 fully saturated rings. The van der Waals surface area contributed by atoms with E-state index in [-0.39, 0.29) is 0 Å². The van der Waals surface area contributed by atoms with Crippen molar-refractivity contribution in [1.82, 2.24) is 0 Å². The summed E-state index contributed by atoms with van der Waals surface area (Å²) in [6.07, 6.45) is 2.11. The van der Waals surface area contributed by atoms with Gasteiger partial charge in [0.1, 0.15) is 0 Å². The van der Waals surface area contributed by atoms with Gasteiger partial charge >= 0.3 is 0 Å². The van der Waals surface area contributed by atoms with Crippen molar-refractivity contribution < 1.29 is 0 Å². The molecule has 0 saturated carbocycles. The van der Waals surface area contributed by atoms with Crippen LogP contribution in [0.2, 0.25) is 0 Å². The predicted octanol–water partition coefficient (Wildman–Crippen LogP) is 3.71. The lowest BCUT2D eigenvalue weighted by Gasteiger charge is -2.05. The molecular weight excluding hydrogens is 164 g/mol. The second kappa shape index (κ2) is 3.81. The second-order valence-corrected chi connectivity index (χ2v) is 3.47. The maximum Gasteiger partial charge on any atom is 0.0115 e. The highest BCUT2D eigenvalue weighted by atomic mass is 32.1. The van der Waals surface area contributed by atoms with Gasteiger partial charge in [-0.2, -0.15) is 0 Å². The summed E-state index contributed by atoms with van der Waals surface area (Å²) in [4.78, 5) is 1.05. The van der Waals surface area contributed by atoms with Gasteiger partial charge in [0.25, 0.3) is 0 Å². The van der Waals surface area contributed by atoms with Gasteiger partial charge in [0.05, 0.1) is 0 Å². The molecule has 0 aliphatic rings. The fourth-order valence-corrected chi connectivity index (χ4v) is 1.44. The van der Waals surface area contributed by atoms with Crippen molar-refractivity contribution in [1.29, 1.82) is 0 Å². The molecule has 1 aromatic carbocycles. The van der Waals surface area contributed by atoms with Crippen LogP contribution in [0.5, 0.6) is 0 Å². The number of hydrogen-bond donors (Lipinski definition) is 1. The van der Waals surface area contributed by atoms with Crippen molar-refractivity contribution in [3.8, 4) is 0 Å². The van der Waals surface area contributed by atoms with Gasteiger partial charge in [-0.05, 0) is 38.0 Å². The van der Waals surface area contributed by atoms with Crippen molar-refractivity contribution in [3.05, 3.63) is 35.4 Å². The normalized spacial score (nSPS) is 11.8. The molecule has 0 aliphatic heterocycles. The summed E-state index contributed by atoms with van der Waals surface area (Å²) in [5, 5.41) is 0. The van der Waals surface area contributed by atoms with Crippen molar-refractivity contribution >= 4 is 18.2 Å². The number of rotatable bonds is 1. The Kier molecular flexibility index (Phi) is 2.99. The molecule has 0 nitrogen and oxygen atoms in total. The maximum atomic E-state index is 4.40. The van der Waals surface area contributed by atoms with Crippen LogP contribution in [0.1, 0.15) is 25.0 Å². The fraction of sp³-hybridized carbons (Fsp3) is 0.273. The molecule has 1 rings (SSSR count). The van der Waals surface area contributed by atoms with Crippen molar-refractivity contribution in [2.24, 2.45) is 0 Å². The van der Waals surface area contributed by atoms with Crippen LogP contribution >= 0.6 is 12.6 Å². The number of thiol groups is 1. The highest BCUT2D eigenvalue weighted by Crippen LogP contribution is 2.22. The van der Waals surface area contributed by atoms with E-state index < -0.39 is 0 Å². The number of allylic oxidation sites excluding steroid dienone is 2. The third kappa shape index (κ3) is 1.92. The molecule has 0 aliphatic carbocycles. The Morgan fingerprint density at radius 3 is 2.67 bits per heavy atom. The zero-order valence-electron chi connectivity index (χ0n) is 7.76. The molecule has 1 heteroatoms. The molecule has 12 heavy (non-hydrogen) atoms. The zero-order chi connectivity index (χ0) is 9.14. The lowest BCUT2D eigenvalue weighted by molar-refractivity contribution is 1.33. The molecule has 0 aromatic heterocycles. The van der Waals surface area contributed by atoms with Gasteiger partial charge in [0.2, 0.25) is 0 Å². The molecule has 0 heterocycles. The van der Waals surface area contributed by atoms with E-state index in [9.17, 15) is 0 Å². The van der Waals surface area contributed by atoms with Gasteiger partial charge in [0, 0.05) is 4.90 Å². The first-order valence-electron chi connectivity index (χ1n) is 4.08. The van der Waals surface area contributed by atoms with E-state index in [1.807, 2.05) is 13.0 Å². The van der Waals surface area contributed by atoms with Crippen LogP contribution in [0, 0.1) is 6.92 Å². The van der Waals surface area contributed by atoms with Crippen LogP contribution in [-0.4, -0.2) is 0 Å². The monoisotopic (exact) mass is 178 g/mol. The number of benzene rings is 1. The molecule has 0 bridgehead atoms. The SMILES string of the molecule is C/C=C(/C)c1cc(C)ccc1S. The summed E-state index contributed by atoms with van der Waals surface area (Å²) in [5.41, 5.74) is 3.80. The Morgan fingerprint density at radius 2 is 2.08 bits per heavy atom. The predicted molar refractivity (Wildman–Crippen MR) is 57.8 cm³/mol. The molecule has 0 atom stereocenters. The Hall–Kier alpha value is -0.690. The average molecular weight is 178 g/mol.